The van der Waals surface area contributed by atoms with Crippen molar-refractivity contribution in [1.82, 2.24) is 9.88 Å². The van der Waals surface area contributed by atoms with E-state index in [0.29, 0.717) is 25.1 Å². The minimum atomic E-state index is -1.10. The molecule has 2 amide bonds. The Morgan fingerprint density at radius 1 is 1.00 bits per heavy atom. The van der Waals surface area contributed by atoms with Crippen molar-refractivity contribution in [2.24, 2.45) is 5.92 Å². The van der Waals surface area contributed by atoms with E-state index in [2.05, 4.69) is 34.6 Å². The molecule has 2 aromatic carbocycles. The normalized spacial score (nSPS) is 21.6. The van der Waals surface area contributed by atoms with E-state index >= 15 is 0 Å². The van der Waals surface area contributed by atoms with Gasteiger partial charge in [0.2, 0.25) is 0 Å². The molecule has 35 heavy (non-hydrogen) atoms. The molecule has 3 aromatic rings. The first-order valence-corrected chi connectivity index (χ1v) is 11.6. The largest absolute Gasteiger partial charge is 0.479 e. The smallest absolute Gasteiger partial charge is 0.411 e. The molecule has 8 nitrogen and oxygen atoms in total. The van der Waals surface area contributed by atoms with E-state index < -0.39 is 23.5 Å². The van der Waals surface area contributed by atoms with Gasteiger partial charge in [-0.05, 0) is 53.1 Å². The van der Waals surface area contributed by atoms with Gasteiger partial charge in [0.25, 0.3) is 5.91 Å². The first kappa shape index (κ1) is 21.3. The van der Waals surface area contributed by atoms with Crippen LogP contribution in [0.15, 0.2) is 66.9 Å². The molecule has 2 aliphatic carbocycles. The van der Waals surface area contributed by atoms with Gasteiger partial charge in [0, 0.05) is 12.5 Å². The zero-order chi connectivity index (χ0) is 24.2. The van der Waals surface area contributed by atoms with Crippen LogP contribution in [0.4, 0.5) is 10.5 Å². The Morgan fingerprint density at radius 3 is 2.26 bits per heavy atom. The van der Waals surface area contributed by atoms with Gasteiger partial charge in [0.15, 0.2) is 0 Å². The van der Waals surface area contributed by atoms with Crippen LogP contribution in [-0.2, 0) is 9.53 Å². The van der Waals surface area contributed by atoms with Gasteiger partial charge in [-0.25, -0.2) is 14.6 Å². The van der Waals surface area contributed by atoms with Crippen molar-refractivity contribution in [3.8, 4) is 11.1 Å². The molecule has 3 heterocycles. The van der Waals surface area contributed by atoms with Crippen LogP contribution >= 0.6 is 0 Å². The molecule has 3 fully saturated rings. The van der Waals surface area contributed by atoms with Crippen LogP contribution in [0.3, 0.4) is 0 Å². The molecule has 8 heteroatoms. The van der Waals surface area contributed by atoms with Gasteiger partial charge in [-0.2, -0.15) is 0 Å². The van der Waals surface area contributed by atoms with E-state index in [1.807, 2.05) is 24.3 Å². The molecule has 2 saturated heterocycles. The van der Waals surface area contributed by atoms with Crippen molar-refractivity contribution in [1.29, 1.82) is 0 Å². The zero-order valence-corrected chi connectivity index (χ0v) is 18.8. The first-order valence-electron chi connectivity index (χ1n) is 11.6. The Morgan fingerprint density at radius 2 is 1.66 bits per heavy atom. The minimum absolute atomic E-state index is 0.0421. The number of hydrogen-bond donors (Lipinski definition) is 2. The van der Waals surface area contributed by atoms with E-state index in [-0.39, 0.29) is 24.1 Å². The number of aliphatic carboxylic acids is 1. The number of hydrogen-bond acceptors (Lipinski definition) is 5. The van der Waals surface area contributed by atoms with E-state index in [9.17, 15) is 19.5 Å². The zero-order valence-electron chi connectivity index (χ0n) is 18.8. The fraction of sp³-hybridized carbons (Fsp3) is 0.259. The van der Waals surface area contributed by atoms with Gasteiger partial charge in [0.05, 0.1) is 11.9 Å². The summed E-state index contributed by atoms with van der Waals surface area (Å²) in [7, 11) is 0. The average molecular weight is 469 g/mol. The number of benzene rings is 2. The Hall–Kier alpha value is -4.20. The van der Waals surface area contributed by atoms with E-state index in [1.165, 1.54) is 17.2 Å². The summed E-state index contributed by atoms with van der Waals surface area (Å²) < 4.78 is 5.54. The van der Waals surface area contributed by atoms with Crippen molar-refractivity contribution < 1.29 is 24.2 Å². The number of carboxylic acid groups (broad SMARTS) is 1. The highest BCUT2D eigenvalue weighted by Gasteiger charge is 2.63. The van der Waals surface area contributed by atoms with Crippen molar-refractivity contribution in [3.63, 3.8) is 0 Å². The summed E-state index contributed by atoms with van der Waals surface area (Å²) in [6.07, 6.45) is 1.76. The number of nitrogens with one attached hydrogen (secondary N) is 1. The fourth-order valence-electron chi connectivity index (χ4n) is 5.73. The van der Waals surface area contributed by atoms with Gasteiger partial charge in [-0.15, -0.1) is 0 Å². The van der Waals surface area contributed by atoms with Crippen molar-refractivity contribution >= 4 is 23.7 Å². The third kappa shape index (κ3) is 3.36. The molecule has 4 aliphatic rings. The van der Waals surface area contributed by atoms with Gasteiger partial charge in [-0.1, -0.05) is 48.5 Å². The van der Waals surface area contributed by atoms with E-state index in [0.717, 1.165) is 22.3 Å². The number of carbonyl (C=O) groups excluding carboxylic acids is 2. The predicted molar refractivity (Wildman–Crippen MR) is 127 cm³/mol. The molecule has 0 unspecified atom stereocenters. The molecule has 0 radical (unpaired) electrons. The number of carboxylic acids is 1. The van der Waals surface area contributed by atoms with Crippen LogP contribution in [0.25, 0.3) is 11.1 Å². The maximum absolute atomic E-state index is 12.9. The number of carbonyl (C=O) groups is 3. The predicted octanol–water partition coefficient (Wildman–Crippen LogP) is 4.13. The lowest BCUT2D eigenvalue weighted by Gasteiger charge is -2.37. The molecular formula is C27H23N3O5. The summed E-state index contributed by atoms with van der Waals surface area (Å²) in [5.41, 5.74) is 4.01. The fourth-order valence-corrected chi connectivity index (χ4v) is 5.73. The lowest BCUT2D eigenvalue weighted by atomic mass is 9.73. The lowest BCUT2D eigenvalue weighted by Crippen LogP contribution is -2.54. The molecule has 7 rings (SSSR count). The first-order chi connectivity index (χ1) is 17.0. The van der Waals surface area contributed by atoms with Gasteiger partial charge >= 0.3 is 12.1 Å². The number of pyridine rings is 1. The van der Waals surface area contributed by atoms with Crippen LogP contribution in [0.1, 0.15) is 40.4 Å². The van der Waals surface area contributed by atoms with Gasteiger partial charge < -0.3 is 14.7 Å². The Bertz CT molecular complexity index is 1300. The molecule has 2 aliphatic heterocycles. The number of rotatable bonds is 5. The van der Waals surface area contributed by atoms with Crippen LogP contribution < -0.4 is 5.32 Å². The summed E-state index contributed by atoms with van der Waals surface area (Å²) in [6.45, 7) is 0.629. The lowest BCUT2D eigenvalue weighted by molar-refractivity contribution is -0.151. The standard InChI is InChI=1S/C27H23N3O5/c31-24(30-14-16-11-27(30,12-16)25(32)33)23-10-9-17(13-28-23)29-26(34)35-15-22-20-7-3-1-5-18(20)19-6-2-4-8-21(19)22/h1-10,13,16,22H,11-12,14-15H2,(H,29,34)(H,32,33). The maximum Gasteiger partial charge on any atom is 0.411 e. The molecule has 2 N–H and O–H groups in total. The van der Waals surface area contributed by atoms with E-state index in [1.54, 1.807) is 6.07 Å². The van der Waals surface area contributed by atoms with Gasteiger partial charge in [-0.3, -0.25) is 10.1 Å². The summed E-state index contributed by atoms with van der Waals surface area (Å²) in [5.74, 6) is -1.17. The van der Waals surface area contributed by atoms with Crippen molar-refractivity contribution in [2.45, 2.75) is 24.3 Å². The average Bonchev–Trinajstić information content (AvgIpc) is 3.51. The topological polar surface area (TPSA) is 109 Å². The highest BCUT2D eigenvalue weighted by atomic mass is 16.5. The number of amides is 2. The second kappa shape index (κ2) is 7.94. The third-order valence-electron chi connectivity index (χ3n) is 7.43. The molecule has 1 aromatic heterocycles. The number of nitrogens with zero attached hydrogens (tertiary/aromatic N) is 2. The number of ether oxygens (including phenoxy) is 1. The second-order valence-corrected chi connectivity index (χ2v) is 9.41. The van der Waals surface area contributed by atoms with Crippen LogP contribution in [0, 0.1) is 5.92 Å². The Labute approximate surface area is 201 Å². The quantitative estimate of drug-likeness (QED) is 0.582. The SMILES string of the molecule is O=C(Nc1ccc(C(=O)N2CC3CC2(C(=O)O)C3)nc1)OCC1c2ccccc2-c2ccccc21. The molecule has 2 bridgehead atoms. The van der Waals surface area contributed by atoms with Crippen LogP contribution in [-0.4, -0.2) is 51.7 Å². The number of fused-ring (bicyclic) bond motifs is 4. The minimum Gasteiger partial charge on any atom is -0.479 e. The molecule has 0 spiro atoms. The van der Waals surface area contributed by atoms with Crippen LogP contribution in [0.2, 0.25) is 0 Å². The highest BCUT2D eigenvalue weighted by Crippen LogP contribution is 2.51. The van der Waals surface area contributed by atoms with Crippen LogP contribution in [0.5, 0.6) is 0 Å². The molecule has 0 atom stereocenters. The van der Waals surface area contributed by atoms with Gasteiger partial charge in [0.1, 0.15) is 17.8 Å². The molecular weight excluding hydrogens is 446 g/mol. The summed E-state index contributed by atoms with van der Waals surface area (Å²) >= 11 is 0. The summed E-state index contributed by atoms with van der Waals surface area (Å²) in [5, 5.41) is 12.2. The Balaban J connectivity index is 1.10. The molecule has 1 saturated carbocycles. The highest BCUT2D eigenvalue weighted by molar-refractivity contribution is 5.98. The third-order valence-corrected chi connectivity index (χ3v) is 7.43. The number of aromatic nitrogens is 1. The number of anilines is 1. The molecule has 176 valence electrons. The monoisotopic (exact) mass is 469 g/mol. The maximum atomic E-state index is 12.9. The van der Waals surface area contributed by atoms with Crippen molar-refractivity contribution in [3.05, 3.63) is 83.7 Å². The Kier molecular flexibility index (Phi) is 4.84. The summed E-state index contributed by atoms with van der Waals surface area (Å²) in [4.78, 5) is 42.6. The van der Waals surface area contributed by atoms with E-state index in [4.69, 9.17) is 4.74 Å². The summed E-state index contributed by atoms with van der Waals surface area (Å²) in [6, 6.07) is 19.3. The second-order valence-electron chi connectivity index (χ2n) is 9.41. The van der Waals surface area contributed by atoms with Crippen molar-refractivity contribution in [2.75, 3.05) is 18.5 Å².